The van der Waals surface area contributed by atoms with Gasteiger partial charge in [-0.2, -0.15) is 13.2 Å². The van der Waals surface area contributed by atoms with Gasteiger partial charge in [-0.15, -0.1) is 11.3 Å². The molecule has 20 heteroatoms. The fraction of sp³-hybridized carbons (Fsp3) is 0.250. The van der Waals surface area contributed by atoms with Gasteiger partial charge >= 0.3 is 5.51 Å². The number of sulfonamides is 1. The molecule has 0 saturated heterocycles. The molecule has 1 aliphatic heterocycles. The van der Waals surface area contributed by atoms with E-state index < -0.39 is 46.8 Å². The Morgan fingerprint density at radius 2 is 1.63 bits per heavy atom. The zero-order chi connectivity index (χ0) is 42.8. The zero-order valence-corrected chi connectivity index (χ0v) is 35.4. The molecule has 60 heavy (non-hydrogen) atoms. The number of sulfone groups is 1. The molecule has 314 valence electrons. The maximum absolute atomic E-state index is 13.9. The summed E-state index contributed by atoms with van der Waals surface area (Å²) in [6.45, 7) is 1.34. The lowest BCUT2D eigenvalue weighted by Crippen LogP contribution is -2.33. The maximum atomic E-state index is 13.9. The van der Waals surface area contributed by atoms with Gasteiger partial charge in [0.05, 0.1) is 20.8 Å². The van der Waals surface area contributed by atoms with Crippen molar-refractivity contribution in [3.63, 3.8) is 0 Å². The van der Waals surface area contributed by atoms with E-state index >= 15 is 0 Å². The maximum Gasteiger partial charge on any atom is 0.501 e. The van der Waals surface area contributed by atoms with Crippen LogP contribution in [0.25, 0.3) is 10.2 Å². The van der Waals surface area contributed by atoms with Gasteiger partial charge < -0.3 is 15.1 Å². The number of anilines is 3. The second-order valence-electron chi connectivity index (χ2n) is 14.1. The fourth-order valence-electron chi connectivity index (χ4n) is 6.61. The second kappa shape index (κ2) is 17.3. The van der Waals surface area contributed by atoms with Crippen molar-refractivity contribution in [3.8, 4) is 0 Å². The Balaban J connectivity index is 1.17. The summed E-state index contributed by atoms with van der Waals surface area (Å²) in [5.41, 5.74) is -2.73. The number of thiazole rings is 2. The molecule has 2 aromatic heterocycles. The van der Waals surface area contributed by atoms with Crippen molar-refractivity contribution in [2.24, 2.45) is 0 Å². The van der Waals surface area contributed by atoms with Gasteiger partial charge in [-0.05, 0) is 86.6 Å². The van der Waals surface area contributed by atoms with E-state index in [4.69, 9.17) is 0 Å². The van der Waals surface area contributed by atoms with E-state index in [1.807, 2.05) is 69.1 Å². The van der Waals surface area contributed by atoms with Gasteiger partial charge in [-0.1, -0.05) is 65.9 Å². The third kappa shape index (κ3) is 9.31. The first-order chi connectivity index (χ1) is 28.5. The van der Waals surface area contributed by atoms with Crippen molar-refractivity contribution >= 4 is 80.5 Å². The summed E-state index contributed by atoms with van der Waals surface area (Å²) in [7, 11) is -7.38. The van der Waals surface area contributed by atoms with Crippen LogP contribution in [0.15, 0.2) is 101 Å². The highest BCUT2D eigenvalue weighted by Gasteiger charge is 2.48. The fourth-order valence-corrected chi connectivity index (χ4v) is 10.6. The smallest absolute Gasteiger partial charge is 0.384 e. The van der Waals surface area contributed by atoms with Gasteiger partial charge in [0.15, 0.2) is 10.3 Å². The van der Waals surface area contributed by atoms with Crippen LogP contribution in [-0.4, -0.2) is 82.8 Å². The van der Waals surface area contributed by atoms with Gasteiger partial charge in [0, 0.05) is 36.5 Å². The molecular weight excluding hydrogens is 860 g/mol. The molecule has 0 unspecified atom stereocenters. The lowest BCUT2D eigenvalue weighted by molar-refractivity contribution is -0.0435. The summed E-state index contributed by atoms with van der Waals surface area (Å²) in [6, 6.07) is 24.3. The molecule has 0 aliphatic carbocycles. The predicted octanol–water partition coefficient (Wildman–Crippen LogP) is 6.93. The molecule has 0 fully saturated rings. The topological polar surface area (TPSA) is 171 Å². The molecule has 4 aromatic carbocycles. The highest BCUT2D eigenvalue weighted by molar-refractivity contribution is 7.92. The van der Waals surface area contributed by atoms with Crippen LogP contribution < -0.4 is 20.3 Å². The normalized spacial score (nSPS) is 13.3. The number of nitrogens with zero attached hydrogens (tertiary/aromatic N) is 4. The number of fused-ring (bicyclic) bond motifs is 2. The number of halogens is 3. The van der Waals surface area contributed by atoms with Gasteiger partial charge in [0.25, 0.3) is 31.7 Å². The summed E-state index contributed by atoms with van der Waals surface area (Å²) in [4.78, 5) is 38.6. The molecule has 0 saturated carbocycles. The Hall–Kier alpha value is -5.41. The molecule has 0 spiro atoms. The van der Waals surface area contributed by atoms with Crippen LogP contribution in [0.1, 0.15) is 48.8 Å². The Morgan fingerprint density at radius 3 is 2.37 bits per heavy atom. The second-order valence-corrected chi connectivity index (χ2v) is 19.8. The molecule has 0 radical (unpaired) electrons. The number of para-hydroxylation sites is 1. The Kier molecular flexibility index (Phi) is 12.3. The van der Waals surface area contributed by atoms with E-state index in [1.54, 1.807) is 32.3 Å². The van der Waals surface area contributed by atoms with Crippen LogP contribution in [0.3, 0.4) is 0 Å². The zero-order valence-electron chi connectivity index (χ0n) is 32.1. The van der Waals surface area contributed by atoms with E-state index in [0.29, 0.717) is 52.7 Å². The molecule has 0 bridgehead atoms. The van der Waals surface area contributed by atoms with Crippen LogP contribution in [0, 0.1) is 0 Å². The number of benzene rings is 4. The minimum absolute atomic E-state index is 0.0962. The summed E-state index contributed by atoms with van der Waals surface area (Å²) < 4.78 is 97.0. The van der Waals surface area contributed by atoms with Gasteiger partial charge in [0.1, 0.15) is 10.6 Å². The van der Waals surface area contributed by atoms with Crippen molar-refractivity contribution in [2.45, 2.75) is 41.1 Å². The molecule has 7 rings (SSSR count). The first-order valence-electron chi connectivity index (χ1n) is 18.5. The summed E-state index contributed by atoms with van der Waals surface area (Å²) >= 11 is 2.52. The number of hydrogen-bond donors (Lipinski definition) is 3. The average Bonchev–Trinajstić information content (AvgIpc) is 3.82. The molecule has 13 nitrogen and oxygen atoms in total. The van der Waals surface area contributed by atoms with Crippen molar-refractivity contribution in [1.82, 2.24) is 19.6 Å². The van der Waals surface area contributed by atoms with Crippen LogP contribution in [0.5, 0.6) is 0 Å². The van der Waals surface area contributed by atoms with Gasteiger partial charge in [-0.25, -0.2) is 31.5 Å². The van der Waals surface area contributed by atoms with Crippen molar-refractivity contribution < 1.29 is 39.6 Å². The predicted molar refractivity (Wildman–Crippen MR) is 226 cm³/mol. The number of carbonyl (C=O) groups excluding carboxylic acids is 2. The Bertz CT molecular complexity index is 2760. The Morgan fingerprint density at radius 1 is 0.883 bits per heavy atom. The SMILES string of the molecule is CN(C)CCCNc1ccc(S(=O)(=O)NC(=O)c2nc(N3CCc4cccc(C(=O)Nc5nc6ccccc6s5)c4C3)sc2Cc2ccccc2)cc1S(=O)(=O)C(F)(F)F. The number of rotatable bonds is 14. The van der Waals surface area contributed by atoms with Crippen molar-refractivity contribution in [1.29, 1.82) is 0 Å². The quantitative estimate of drug-likeness (QED) is 0.0969. The third-order valence-electron chi connectivity index (χ3n) is 9.59. The number of aromatic nitrogens is 2. The lowest BCUT2D eigenvalue weighted by Gasteiger charge is -2.29. The standard InChI is InChI=1S/C40H38F3N7O6S4/c1-49(2)20-9-19-44-31-17-16-27(23-34(31)59(53,54)40(41,42)43)60(55,56)48-37(52)35-33(22-25-10-4-3-5-11-25)58-39(46-35)50-21-18-26-12-8-13-28(29(26)24-50)36(51)47-38-45-30-14-6-7-15-32(30)57-38/h3-8,10-17,23,44H,9,18-22,24H2,1-2H3,(H,48,52)(H,45,47,51). The molecule has 0 atom stereocenters. The highest BCUT2D eigenvalue weighted by atomic mass is 32.2. The molecule has 6 aromatic rings. The minimum Gasteiger partial charge on any atom is -0.384 e. The number of carbonyl (C=O) groups is 2. The third-order valence-corrected chi connectivity index (χ3v) is 14.5. The first kappa shape index (κ1) is 42.7. The molecule has 1 aliphatic rings. The van der Waals surface area contributed by atoms with Crippen LogP contribution in [0.4, 0.5) is 29.1 Å². The average molecular weight is 898 g/mol. The van der Waals surface area contributed by atoms with Crippen LogP contribution >= 0.6 is 22.7 Å². The lowest BCUT2D eigenvalue weighted by atomic mass is 9.94. The van der Waals surface area contributed by atoms with Gasteiger partial charge in [-0.3, -0.25) is 14.9 Å². The first-order valence-corrected chi connectivity index (χ1v) is 23.1. The van der Waals surface area contributed by atoms with Crippen LogP contribution in [0.2, 0.25) is 0 Å². The Labute approximate surface area is 352 Å². The van der Waals surface area contributed by atoms with Crippen LogP contribution in [-0.2, 0) is 39.2 Å². The molecule has 3 N–H and O–H groups in total. The number of alkyl halides is 3. The van der Waals surface area contributed by atoms with E-state index in [0.717, 1.165) is 50.4 Å². The summed E-state index contributed by atoms with van der Waals surface area (Å²) in [5, 5.41) is 6.40. The van der Waals surface area contributed by atoms with Crippen molar-refractivity contribution in [2.75, 3.05) is 49.3 Å². The number of nitrogens with one attached hydrogen (secondary N) is 3. The summed E-state index contributed by atoms with van der Waals surface area (Å²) in [5.74, 6) is -1.51. The number of amides is 2. The van der Waals surface area contributed by atoms with E-state index in [2.05, 4.69) is 20.6 Å². The molecular formula is C40H38F3N7O6S4. The monoisotopic (exact) mass is 897 g/mol. The van der Waals surface area contributed by atoms with E-state index in [9.17, 15) is 39.6 Å². The minimum atomic E-state index is -6.02. The van der Waals surface area contributed by atoms with E-state index in [-0.39, 0.29) is 31.1 Å². The summed E-state index contributed by atoms with van der Waals surface area (Å²) in [6.07, 6.45) is 1.16. The number of hydrogen-bond acceptors (Lipinski definition) is 13. The van der Waals surface area contributed by atoms with Gasteiger partial charge in [0.2, 0.25) is 0 Å². The largest absolute Gasteiger partial charge is 0.501 e. The van der Waals surface area contributed by atoms with E-state index in [1.165, 1.54) is 11.3 Å². The highest BCUT2D eigenvalue weighted by Crippen LogP contribution is 2.37. The molecule has 2 amide bonds. The van der Waals surface area contributed by atoms with Crippen molar-refractivity contribution in [3.05, 3.63) is 124 Å². The molecule has 3 heterocycles.